The van der Waals surface area contributed by atoms with E-state index in [1.165, 1.54) is 6.07 Å². The Kier molecular flexibility index (Phi) is 7.04. The minimum absolute atomic E-state index is 0. The lowest BCUT2D eigenvalue weighted by Gasteiger charge is -2.09. The molecule has 0 aliphatic rings. The van der Waals surface area contributed by atoms with Gasteiger partial charge < -0.3 is 5.73 Å². The van der Waals surface area contributed by atoms with E-state index in [-0.39, 0.29) is 28.4 Å². The average molecular weight is 299 g/mol. The molecule has 0 bridgehead atoms. The number of rotatable bonds is 5. The average Bonchev–Trinajstić information content (AvgIpc) is 2.17. The molecule has 0 radical (unpaired) electrons. The Bertz CT molecular complexity index is 449. The highest BCUT2D eigenvalue weighted by Gasteiger charge is 2.16. The number of benzene rings is 1. The fourth-order valence-corrected chi connectivity index (χ4v) is 2.73. The molecule has 4 nitrogen and oxygen atoms in total. The molecule has 0 amide bonds. The largest absolute Gasteiger partial charge is 0.328 e. The third-order valence-corrected chi connectivity index (χ3v) is 3.98. The molecular weight excluding hydrogens is 283 g/mol. The Labute approximate surface area is 113 Å². The second-order valence-electron chi connectivity index (χ2n) is 3.59. The third kappa shape index (κ3) is 5.23. The van der Waals surface area contributed by atoms with Gasteiger partial charge in [0, 0.05) is 12.6 Å². The molecule has 1 rings (SSSR count). The molecule has 1 aromatic rings. The van der Waals surface area contributed by atoms with Crippen molar-refractivity contribution >= 4 is 34.0 Å². The first-order chi connectivity index (χ1) is 7.43. The van der Waals surface area contributed by atoms with Crippen molar-refractivity contribution in [2.45, 2.75) is 24.3 Å². The molecule has 0 aliphatic carbocycles. The van der Waals surface area contributed by atoms with Gasteiger partial charge in [0.25, 0.3) is 0 Å². The fourth-order valence-electron chi connectivity index (χ4n) is 1.16. The Balaban J connectivity index is 0.00000256. The van der Waals surface area contributed by atoms with Gasteiger partial charge in [-0.05, 0) is 25.5 Å². The molecule has 0 aliphatic heterocycles. The smallest absolute Gasteiger partial charge is 0.242 e. The molecule has 7 heteroatoms. The Morgan fingerprint density at radius 3 is 2.53 bits per heavy atom. The van der Waals surface area contributed by atoms with Crippen LogP contribution >= 0.6 is 24.0 Å². The predicted octanol–water partition coefficient (Wildman–Crippen LogP) is 1.78. The van der Waals surface area contributed by atoms with Gasteiger partial charge in [-0.15, -0.1) is 12.4 Å². The normalized spacial score (nSPS) is 12.9. The molecule has 0 spiro atoms. The van der Waals surface area contributed by atoms with E-state index in [1.54, 1.807) is 18.2 Å². The summed E-state index contributed by atoms with van der Waals surface area (Å²) in [6.45, 7) is 2.13. The molecule has 0 aromatic heterocycles. The van der Waals surface area contributed by atoms with Crippen LogP contribution in [0.25, 0.3) is 0 Å². The van der Waals surface area contributed by atoms with Crippen molar-refractivity contribution in [1.29, 1.82) is 0 Å². The van der Waals surface area contributed by atoms with E-state index in [4.69, 9.17) is 17.3 Å². The van der Waals surface area contributed by atoms with Crippen LogP contribution in [0.4, 0.5) is 0 Å². The molecular formula is C10H16Cl2N2O2S. The van der Waals surface area contributed by atoms with Crippen LogP contribution in [0.1, 0.15) is 13.3 Å². The molecule has 0 fully saturated rings. The standard InChI is InChI=1S/C10H15ClN2O2S.ClH/c1-8(12)6-7-13-16(14,15)10-5-3-2-4-9(10)11;/h2-5,8,13H,6-7,12H2,1H3;1H. The molecule has 17 heavy (non-hydrogen) atoms. The van der Waals surface area contributed by atoms with Crippen LogP contribution in [0, 0.1) is 0 Å². The summed E-state index contributed by atoms with van der Waals surface area (Å²) < 4.78 is 26.1. The number of hydrogen-bond acceptors (Lipinski definition) is 3. The monoisotopic (exact) mass is 298 g/mol. The molecule has 1 aromatic carbocycles. The van der Waals surface area contributed by atoms with Gasteiger partial charge in [0.1, 0.15) is 4.90 Å². The van der Waals surface area contributed by atoms with Gasteiger partial charge in [0.15, 0.2) is 0 Å². The van der Waals surface area contributed by atoms with E-state index >= 15 is 0 Å². The minimum Gasteiger partial charge on any atom is -0.328 e. The first kappa shape index (κ1) is 16.7. The summed E-state index contributed by atoms with van der Waals surface area (Å²) in [6, 6.07) is 6.29. The lowest BCUT2D eigenvalue weighted by atomic mass is 10.3. The zero-order valence-electron chi connectivity index (χ0n) is 9.39. The van der Waals surface area contributed by atoms with Crippen molar-refractivity contribution in [1.82, 2.24) is 4.72 Å². The predicted molar refractivity (Wildman–Crippen MR) is 72.2 cm³/mol. The summed E-state index contributed by atoms with van der Waals surface area (Å²) in [5, 5.41) is 0.218. The van der Waals surface area contributed by atoms with Crippen LogP contribution in [-0.4, -0.2) is 21.0 Å². The molecule has 1 unspecified atom stereocenters. The molecule has 0 saturated heterocycles. The maximum Gasteiger partial charge on any atom is 0.242 e. The van der Waals surface area contributed by atoms with Crippen LogP contribution in [0.2, 0.25) is 5.02 Å². The van der Waals surface area contributed by atoms with E-state index in [1.807, 2.05) is 6.92 Å². The van der Waals surface area contributed by atoms with Crippen LogP contribution in [0.5, 0.6) is 0 Å². The van der Waals surface area contributed by atoms with Gasteiger partial charge in [0.2, 0.25) is 10.0 Å². The van der Waals surface area contributed by atoms with Gasteiger partial charge in [-0.25, -0.2) is 13.1 Å². The quantitative estimate of drug-likeness (QED) is 0.870. The maximum atomic E-state index is 11.8. The van der Waals surface area contributed by atoms with Crippen LogP contribution in [0.15, 0.2) is 29.2 Å². The maximum absolute atomic E-state index is 11.8. The number of hydrogen-bond donors (Lipinski definition) is 2. The Morgan fingerprint density at radius 1 is 1.41 bits per heavy atom. The highest BCUT2D eigenvalue weighted by Crippen LogP contribution is 2.19. The van der Waals surface area contributed by atoms with Gasteiger partial charge in [-0.2, -0.15) is 0 Å². The van der Waals surface area contributed by atoms with Gasteiger partial charge in [0.05, 0.1) is 5.02 Å². The second-order valence-corrected chi connectivity index (χ2v) is 5.74. The van der Waals surface area contributed by atoms with Crippen molar-refractivity contribution < 1.29 is 8.42 Å². The number of sulfonamides is 1. The first-order valence-electron chi connectivity index (χ1n) is 4.93. The van der Waals surface area contributed by atoms with Crippen molar-refractivity contribution in [2.24, 2.45) is 5.73 Å². The van der Waals surface area contributed by atoms with Gasteiger partial charge in [-0.1, -0.05) is 23.7 Å². The zero-order chi connectivity index (χ0) is 12.2. The zero-order valence-corrected chi connectivity index (χ0v) is 11.8. The molecule has 0 saturated carbocycles. The number of halogens is 2. The van der Waals surface area contributed by atoms with E-state index < -0.39 is 10.0 Å². The van der Waals surface area contributed by atoms with Crippen molar-refractivity contribution in [3.63, 3.8) is 0 Å². The molecule has 3 N–H and O–H groups in total. The van der Waals surface area contributed by atoms with Crippen LogP contribution in [-0.2, 0) is 10.0 Å². The lowest BCUT2D eigenvalue weighted by Crippen LogP contribution is -2.29. The molecule has 1 atom stereocenters. The summed E-state index contributed by atoms with van der Waals surface area (Å²) in [5.74, 6) is 0. The number of nitrogens with one attached hydrogen (secondary N) is 1. The van der Waals surface area contributed by atoms with E-state index in [9.17, 15) is 8.42 Å². The van der Waals surface area contributed by atoms with E-state index in [2.05, 4.69) is 4.72 Å². The van der Waals surface area contributed by atoms with E-state index in [0.29, 0.717) is 13.0 Å². The van der Waals surface area contributed by atoms with Crippen molar-refractivity contribution in [2.75, 3.05) is 6.54 Å². The number of nitrogens with two attached hydrogens (primary N) is 1. The second kappa shape index (κ2) is 7.18. The topological polar surface area (TPSA) is 72.2 Å². The first-order valence-corrected chi connectivity index (χ1v) is 6.79. The fraction of sp³-hybridized carbons (Fsp3) is 0.400. The summed E-state index contributed by atoms with van der Waals surface area (Å²) in [4.78, 5) is 0.0985. The summed E-state index contributed by atoms with van der Waals surface area (Å²) in [7, 11) is -3.52. The molecule has 98 valence electrons. The molecule has 0 heterocycles. The summed E-state index contributed by atoms with van der Waals surface area (Å²) in [6.07, 6.45) is 0.587. The Morgan fingerprint density at radius 2 is 2.00 bits per heavy atom. The van der Waals surface area contributed by atoms with Crippen molar-refractivity contribution in [3.8, 4) is 0 Å². The highest BCUT2D eigenvalue weighted by molar-refractivity contribution is 7.89. The van der Waals surface area contributed by atoms with Crippen LogP contribution < -0.4 is 10.5 Å². The van der Waals surface area contributed by atoms with Gasteiger partial charge >= 0.3 is 0 Å². The lowest BCUT2D eigenvalue weighted by molar-refractivity contribution is 0.572. The van der Waals surface area contributed by atoms with E-state index in [0.717, 1.165) is 0 Å². The highest BCUT2D eigenvalue weighted by atomic mass is 35.5. The minimum atomic E-state index is -3.52. The summed E-state index contributed by atoms with van der Waals surface area (Å²) in [5.41, 5.74) is 5.53. The summed E-state index contributed by atoms with van der Waals surface area (Å²) >= 11 is 5.81. The van der Waals surface area contributed by atoms with Gasteiger partial charge in [-0.3, -0.25) is 0 Å². The Hall–Kier alpha value is -0.330. The van der Waals surface area contributed by atoms with Crippen molar-refractivity contribution in [3.05, 3.63) is 29.3 Å². The van der Waals surface area contributed by atoms with Crippen LogP contribution in [0.3, 0.4) is 0 Å². The SMILES string of the molecule is CC(N)CCNS(=O)(=O)c1ccccc1Cl.Cl. The third-order valence-electron chi connectivity index (χ3n) is 2.02.